The minimum absolute atomic E-state index is 0.197. The first kappa shape index (κ1) is 23.8. The third kappa shape index (κ3) is 3.44. The predicted octanol–water partition coefficient (Wildman–Crippen LogP) is 3.79. The van der Waals surface area contributed by atoms with Crippen LogP contribution in [0.3, 0.4) is 0 Å². The lowest BCUT2D eigenvalue weighted by Crippen LogP contribution is -2.56. The van der Waals surface area contributed by atoms with Crippen molar-refractivity contribution >= 4 is 23.6 Å². The van der Waals surface area contributed by atoms with Gasteiger partial charge in [-0.3, -0.25) is 9.59 Å². The highest BCUT2D eigenvalue weighted by Gasteiger charge is 2.76. The number of carbonyl (C=O) groups excluding carboxylic acids is 3. The van der Waals surface area contributed by atoms with Crippen LogP contribution in [-0.2, 0) is 20.5 Å². The van der Waals surface area contributed by atoms with Crippen LogP contribution in [0.15, 0.2) is 48.5 Å². The van der Waals surface area contributed by atoms with Gasteiger partial charge in [-0.25, -0.2) is 9.69 Å². The summed E-state index contributed by atoms with van der Waals surface area (Å²) < 4.78 is 51.9. The molecule has 2 bridgehead atoms. The fraction of sp³-hybridized carbons (Fsp3) is 0.360. The quantitative estimate of drug-likeness (QED) is 0.644. The summed E-state index contributed by atoms with van der Waals surface area (Å²) in [6.07, 6.45) is -5.42. The molecule has 0 spiro atoms. The van der Waals surface area contributed by atoms with Gasteiger partial charge in [-0.15, -0.1) is 0 Å². The van der Waals surface area contributed by atoms with Gasteiger partial charge in [-0.1, -0.05) is 18.2 Å². The largest absolute Gasteiger partial charge is 0.417 e. The molecule has 186 valence electrons. The van der Waals surface area contributed by atoms with Crippen LogP contribution in [0.25, 0.3) is 0 Å². The lowest BCUT2D eigenvalue weighted by molar-refractivity contribution is -0.138. The number of nitriles is 1. The van der Waals surface area contributed by atoms with E-state index >= 15 is 0 Å². The second-order valence-electron chi connectivity index (χ2n) is 9.51. The number of fused-ring (bicyclic) bond motifs is 5. The monoisotopic (exact) mass is 499 g/mol. The van der Waals surface area contributed by atoms with Crippen molar-refractivity contribution < 1.29 is 37.0 Å². The Morgan fingerprint density at radius 2 is 1.81 bits per heavy atom. The maximum atomic E-state index is 13.5. The van der Waals surface area contributed by atoms with Crippen LogP contribution >= 0.6 is 0 Å². The Hall–Kier alpha value is -3.91. The Labute approximate surface area is 203 Å². The summed E-state index contributed by atoms with van der Waals surface area (Å²) in [5.41, 5.74) is -4.56. The summed E-state index contributed by atoms with van der Waals surface area (Å²) in [6, 6.07) is 11.8. The molecule has 2 aromatic rings. The molecule has 0 aliphatic carbocycles. The van der Waals surface area contributed by atoms with E-state index in [-0.39, 0.29) is 12.1 Å². The molecule has 0 aromatic heterocycles. The van der Waals surface area contributed by atoms with Gasteiger partial charge in [-0.05, 0) is 44.2 Å². The zero-order chi connectivity index (χ0) is 26.0. The molecule has 0 radical (unpaired) electrons. The molecule has 3 aliphatic heterocycles. The van der Waals surface area contributed by atoms with Gasteiger partial charge in [0.25, 0.3) is 0 Å². The number of hydrogen-bond donors (Lipinski definition) is 1. The van der Waals surface area contributed by atoms with Gasteiger partial charge in [0, 0.05) is 6.42 Å². The fourth-order valence-electron chi connectivity index (χ4n) is 5.78. The third-order valence-corrected chi connectivity index (χ3v) is 7.27. The number of amides is 3. The zero-order valence-electron chi connectivity index (χ0n) is 19.1. The van der Waals surface area contributed by atoms with Gasteiger partial charge >= 0.3 is 12.3 Å². The molecule has 2 aromatic carbocycles. The second-order valence-corrected chi connectivity index (χ2v) is 9.51. The number of hydrogen-bond acceptors (Lipinski definition) is 6. The van der Waals surface area contributed by atoms with E-state index in [9.17, 15) is 27.6 Å². The van der Waals surface area contributed by atoms with Crippen molar-refractivity contribution in [2.24, 2.45) is 11.8 Å². The highest BCUT2D eigenvalue weighted by atomic mass is 19.4. The summed E-state index contributed by atoms with van der Waals surface area (Å²) in [7, 11) is 0. The van der Waals surface area contributed by atoms with Crippen LogP contribution in [0.2, 0.25) is 0 Å². The summed E-state index contributed by atoms with van der Waals surface area (Å²) >= 11 is 0. The van der Waals surface area contributed by atoms with E-state index in [0.717, 1.165) is 17.0 Å². The van der Waals surface area contributed by atoms with Crippen LogP contribution < -0.4 is 15.0 Å². The lowest BCUT2D eigenvalue weighted by atomic mass is 9.66. The molecule has 11 heteroatoms. The average Bonchev–Trinajstić information content (AvgIpc) is 3.33. The Morgan fingerprint density at radius 1 is 1.14 bits per heavy atom. The van der Waals surface area contributed by atoms with Gasteiger partial charge < -0.3 is 14.8 Å². The van der Waals surface area contributed by atoms with Crippen molar-refractivity contribution in [3.05, 3.63) is 59.7 Å². The van der Waals surface area contributed by atoms with Gasteiger partial charge in [0.15, 0.2) is 0 Å². The second kappa shape index (κ2) is 7.80. The summed E-state index contributed by atoms with van der Waals surface area (Å²) in [5.74, 6) is -3.07. The Kier molecular flexibility index (Phi) is 5.16. The average molecular weight is 499 g/mol. The maximum absolute atomic E-state index is 13.5. The van der Waals surface area contributed by atoms with Crippen LogP contribution in [0.4, 0.5) is 23.7 Å². The third-order valence-electron chi connectivity index (χ3n) is 7.27. The number of rotatable bonds is 3. The van der Waals surface area contributed by atoms with Crippen molar-refractivity contribution in [3.63, 3.8) is 0 Å². The van der Waals surface area contributed by atoms with Gasteiger partial charge in [0.2, 0.25) is 11.8 Å². The number of alkyl halides is 3. The van der Waals surface area contributed by atoms with E-state index in [0.29, 0.717) is 11.8 Å². The topological polar surface area (TPSA) is 109 Å². The number of halogens is 3. The first-order chi connectivity index (χ1) is 16.9. The number of benzene rings is 2. The van der Waals surface area contributed by atoms with E-state index in [2.05, 4.69) is 5.32 Å². The molecule has 5 rings (SSSR count). The minimum atomic E-state index is -4.85. The molecule has 1 N–H and O–H groups in total. The van der Waals surface area contributed by atoms with Crippen molar-refractivity contribution in [1.29, 1.82) is 5.26 Å². The number of ether oxygens (including phenoxy) is 2. The molecule has 5 atom stereocenters. The van der Waals surface area contributed by atoms with E-state index in [4.69, 9.17) is 14.7 Å². The smallest absolute Gasteiger partial charge is 0.410 e. The first-order valence-corrected chi connectivity index (χ1v) is 11.1. The van der Waals surface area contributed by atoms with E-state index in [1.54, 1.807) is 44.2 Å². The maximum Gasteiger partial charge on any atom is 0.417 e. The molecule has 0 saturated carbocycles. The van der Waals surface area contributed by atoms with Crippen molar-refractivity contribution in [3.8, 4) is 11.8 Å². The number of carbonyl (C=O) groups is 3. The lowest BCUT2D eigenvalue weighted by Gasteiger charge is -2.35. The van der Waals surface area contributed by atoms with Crippen molar-refractivity contribution in [1.82, 2.24) is 5.32 Å². The number of para-hydroxylation sites is 1. The normalized spacial score (nSPS) is 30.8. The number of imide groups is 1. The van der Waals surface area contributed by atoms with Crippen LogP contribution in [0, 0.1) is 23.2 Å². The molecule has 8 nitrogen and oxygen atoms in total. The molecule has 3 saturated heterocycles. The van der Waals surface area contributed by atoms with E-state index in [1.807, 2.05) is 0 Å². The minimum Gasteiger partial charge on any atom is -0.410 e. The highest BCUT2D eigenvalue weighted by molar-refractivity contribution is 6.23. The standard InChI is InChI=1S/C25H20F3N3O5/c1-23-11-17(30-22(34)35-15-6-4-3-5-7-15)24(2,36-23)19-18(23)20(32)31(21(19)33)14-9-8-13(12-29)16(10-14)25(26,27)28/h3-10,17-19H,11H2,1-2H3,(H,30,34)/t17-,18-,19+,23?,24?/m1/s1. The molecule has 36 heavy (non-hydrogen) atoms. The van der Waals surface area contributed by atoms with E-state index < -0.39 is 64.3 Å². The molecule has 3 fully saturated rings. The summed E-state index contributed by atoms with van der Waals surface area (Å²) in [5, 5.41) is 11.8. The molecule has 3 amide bonds. The number of anilines is 1. The molecular formula is C25H20F3N3O5. The molecule has 3 aliphatic rings. The zero-order valence-corrected chi connectivity index (χ0v) is 19.1. The number of nitrogens with one attached hydrogen (secondary N) is 1. The highest BCUT2D eigenvalue weighted by Crippen LogP contribution is 2.61. The SMILES string of the molecule is CC12C[C@@H](NC(=O)Oc3ccccc3)C(C)(O1)[C@@H]1C(=O)N(c3ccc(C#N)c(C(F)(F)F)c3)C(=O)[C@@H]12. The van der Waals surface area contributed by atoms with Crippen LogP contribution in [0.5, 0.6) is 5.75 Å². The van der Waals surface area contributed by atoms with Gasteiger partial charge in [-0.2, -0.15) is 18.4 Å². The molecule has 2 unspecified atom stereocenters. The predicted molar refractivity (Wildman–Crippen MR) is 118 cm³/mol. The van der Waals surface area contributed by atoms with Crippen molar-refractivity contribution in [2.75, 3.05) is 4.90 Å². The number of nitrogens with zero attached hydrogens (tertiary/aromatic N) is 2. The van der Waals surface area contributed by atoms with Crippen molar-refractivity contribution in [2.45, 2.75) is 43.7 Å². The van der Waals surface area contributed by atoms with Crippen LogP contribution in [0.1, 0.15) is 31.4 Å². The van der Waals surface area contributed by atoms with Gasteiger partial charge in [0.1, 0.15) is 5.75 Å². The Balaban J connectivity index is 1.44. The van der Waals surface area contributed by atoms with Crippen LogP contribution in [-0.4, -0.2) is 35.2 Å². The molecular weight excluding hydrogens is 479 g/mol. The van der Waals surface area contributed by atoms with Gasteiger partial charge in [0.05, 0.1) is 52.0 Å². The fourth-order valence-corrected chi connectivity index (χ4v) is 5.78. The van der Waals surface area contributed by atoms with E-state index in [1.165, 1.54) is 6.07 Å². The summed E-state index contributed by atoms with van der Waals surface area (Å²) in [4.78, 5) is 40.1. The Bertz CT molecular complexity index is 1320. The first-order valence-electron chi connectivity index (χ1n) is 11.1. The Morgan fingerprint density at radius 3 is 2.44 bits per heavy atom. The molecule has 3 heterocycles. The summed E-state index contributed by atoms with van der Waals surface area (Å²) in [6.45, 7) is 3.25.